The van der Waals surface area contributed by atoms with Gasteiger partial charge in [0, 0.05) is 18.5 Å². The van der Waals surface area contributed by atoms with E-state index in [0.717, 1.165) is 12.8 Å². The van der Waals surface area contributed by atoms with Crippen LogP contribution in [0.5, 0.6) is 0 Å². The molecule has 2 fully saturated rings. The Morgan fingerprint density at radius 3 is 2.20 bits per heavy atom. The fourth-order valence-electron chi connectivity index (χ4n) is 3.31. The number of hydrogen-bond donors (Lipinski definition) is 2. The van der Waals surface area contributed by atoms with Crippen molar-refractivity contribution >= 4 is 17.8 Å². The highest BCUT2D eigenvalue weighted by Gasteiger charge is 2.39. The summed E-state index contributed by atoms with van der Waals surface area (Å²) in [5.41, 5.74) is 5.34. The average molecular weight is 282 g/mol. The van der Waals surface area contributed by atoms with Crippen LogP contribution in [0.1, 0.15) is 39.0 Å². The molecular formula is C14H22N2O4. The fourth-order valence-corrected chi connectivity index (χ4v) is 3.31. The number of nitrogens with zero attached hydrogens (tertiary/aromatic N) is 1. The van der Waals surface area contributed by atoms with Crippen LogP contribution in [0.15, 0.2) is 0 Å². The third kappa shape index (κ3) is 2.94. The van der Waals surface area contributed by atoms with Crippen LogP contribution in [0.3, 0.4) is 0 Å². The van der Waals surface area contributed by atoms with Crippen molar-refractivity contribution in [3.05, 3.63) is 0 Å². The van der Waals surface area contributed by atoms with Gasteiger partial charge in [0.15, 0.2) is 0 Å². The van der Waals surface area contributed by atoms with Crippen LogP contribution in [0.2, 0.25) is 0 Å². The summed E-state index contributed by atoms with van der Waals surface area (Å²) >= 11 is 0. The van der Waals surface area contributed by atoms with Gasteiger partial charge in [0.05, 0.1) is 11.8 Å². The Morgan fingerprint density at radius 2 is 1.65 bits per heavy atom. The van der Waals surface area contributed by atoms with Gasteiger partial charge in [0.2, 0.25) is 11.8 Å². The molecule has 3 N–H and O–H groups in total. The molecule has 0 aromatic rings. The molecule has 0 bridgehead atoms. The summed E-state index contributed by atoms with van der Waals surface area (Å²) in [6.07, 6.45) is 3.10. The van der Waals surface area contributed by atoms with Crippen molar-refractivity contribution in [1.82, 2.24) is 4.90 Å². The number of primary amides is 1. The van der Waals surface area contributed by atoms with Gasteiger partial charge in [-0.1, -0.05) is 0 Å². The van der Waals surface area contributed by atoms with E-state index in [1.807, 2.05) is 6.92 Å². The maximum atomic E-state index is 12.5. The van der Waals surface area contributed by atoms with Crippen molar-refractivity contribution in [3.63, 3.8) is 0 Å². The Morgan fingerprint density at radius 1 is 1.05 bits per heavy atom. The van der Waals surface area contributed by atoms with Crippen LogP contribution in [0.25, 0.3) is 0 Å². The van der Waals surface area contributed by atoms with Gasteiger partial charge in [-0.2, -0.15) is 0 Å². The second-order valence-corrected chi connectivity index (χ2v) is 6.06. The van der Waals surface area contributed by atoms with Gasteiger partial charge in [0.1, 0.15) is 0 Å². The highest BCUT2D eigenvalue weighted by Crippen LogP contribution is 2.34. The zero-order valence-electron chi connectivity index (χ0n) is 11.7. The molecule has 20 heavy (non-hydrogen) atoms. The summed E-state index contributed by atoms with van der Waals surface area (Å²) in [5.74, 6) is -2.08. The monoisotopic (exact) mass is 282 g/mol. The molecule has 2 amide bonds. The number of nitrogens with two attached hydrogens (primary N) is 1. The molecule has 0 aromatic heterocycles. The predicted molar refractivity (Wildman–Crippen MR) is 71.6 cm³/mol. The van der Waals surface area contributed by atoms with E-state index in [4.69, 9.17) is 10.8 Å². The van der Waals surface area contributed by atoms with E-state index < -0.39 is 11.9 Å². The van der Waals surface area contributed by atoms with Gasteiger partial charge < -0.3 is 15.7 Å². The number of hydrogen-bond acceptors (Lipinski definition) is 3. The van der Waals surface area contributed by atoms with Crippen LogP contribution >= 0.6 is 0 Å². The lowest BCUT2D eigenvalue weighted by Crippen LogP contribution is -2.50. The summed E-state index contributed by atoms with van der Waals surface area (Å²) in [6, 6.07) is 0.0991. The number of carboxylic acid groups (broad SMARTS) is 1. The topological polar surface area (TPSA) is 101 Å². The first-order chi connectivity index (χ1) is 9.40. The number of carbonyl (C=O) groups is 3. The number of carbonyl (C=O) groups excluding carboxylic acids is 2. The average Bonchev–Trinajstić information content (AvgIpc) is 2.88. The Kier molecular flexibility index (Phi) is 4.30. The molecule has 4 atom stereocenters. The van der Waals surface area contributed by atoms with E-state index in [2.05, 4.69) is 0 Å². The summed E-state index contributed by atoms with van der Waals surface area (Å²) in [7, 11) is 0. The van der Waals surface area contributed by atoms with Gasteiger partial charge in [-0.3, -0.25) is 14.4 Å². The normalized spacial score (nSPS) is 34.0. The summed E-state index contributed by atoms with van der Waals surface area (Å²) in [6.45, 7) is 2.35. The Bertz CT molecular complexity index is 423. The molecule has 6 nitrogen and oxygen atoms in total. The van der Waals surface area contributed by atoms with Gasteiger partial charge >= 0.3 is 5.97 Å². The largest absolute Gasteiger partial charge is 0.481 e. The van der Waals surface area contributed by atoms with Crippen LogP contribution in [0, 0.1) is 17.8 Å². The molecule has 0 aromatic carbocycles. The van der Waals surface area contributed by atoms with Crippen LogP contribution in [-0.2, 0) is 14.4 Å². The van der Waals surface area contributed by atoms with Crippen LogP contribution in [0.4, 0.5) is 0 Å². The molecule has 112 valence electrons. The van der Waals surface area contributed by atoms with E-state index >= 15 is 0 Å². The lowest BCUT2D eigenvalue weighted by atomic mass is 9.91. The molecule has 1 saturated carbocycles. The van der Waals surface area contributed by atoms with Gasteiger partial charge in [0.25, 0.3) is 0 Å². The zero-order valence-corrected chi connectivity index (χ0v) is 11.7. The summed E-state index contributed by atoms with van der Waals surface area (Å²) in [5, 5.41) is 9.00. The third-order valence-electron chi connectivity index (χ3n) is 4.70. The molecule has 2 rings (SSSR count). The van der Waals surface area contributed by atoms with E-state index in [1.54, 1.807) is 4.90 Å². The number of likely N-dealkylation sites (tertiary alicyclic amines) is 1. The fraction of sp³-hybridized carbons (Fsp3) is 0.786. The van der Waals surface area contributed by atoms with E-state index in [9.17, 15) is 14.4 Å². The van der Waals surface area contributed by atoms with Gasteiger partial charge in [-0.15, -0.1) is 0 Å². The first kappa shape index (κ1) is 14.8. The van der Waals surface area contributed by atoms with Crippen LogP contribution < -0.4 is 5.73 Å². The second kappa shape index (κ2) is 5.81. The maximum Gasteiger partial charge on any atom is 0.306 e. The van der Waals surface area contributed by atoms with Crippen molar-refractivity contribution < 1.29 is 19.5 Å². The second-order valence-electron chi connectivity index (χ2n) is 6.06. The minimum absolute atomic E-state index is 0.00722. The number of rotatable bonds is 3. The standard InChI is InChI=1S/C14H22N2O4/c1-8-2-3-11(12(15)17)7-16(8)13(18)9-4-5-10(6-9)14(19)20/h8-11H,2-7H2,1H3,(H2,15,17)(H,19,20)/t8?,9-,10+,11?/m1/s1. The Balaban J connectivity index is 2.00. The van der Waals surface area contributed by atoms with Gasteiger partial charge in [-0.05, 0) is 39.0 Å². The summed E-state index contributed by atoms with van der Waals surface area (Å²) < 4.78 is 0. The Labute approximate surface area is 118 Å². The van der Waals surface area contributed by atoms with E-state index in [1.165, 1.54) is 0 Å². The van der Waals surface area contributed by atoms with Gasteiger partial charge in [-0.25, -0.2) is 0 Å². The number of amides is 2. The molecule has 1 aliphatic carbocycles. The predicted octanol–water partition coefficient (Wildman–Crippen LogP) is 0.600. The molecular weight excluding hydrogens is 260 g/mol. The molecule has 2 aliphatic rings. The van der Waals surface area contributed by atoms with E-state index in [-0.39, 0.29) is 29.7 Å². The number of piperidine rings is 1. The van der Waals surface area contributed by atoms with Crippen molar-refractivity contribution in [2.24, 2.45) is 23.5 Å². The first-order valence-electron chi connectivity index (χ1n) is 7.22. The van der Waals surface area contributed by atoms with Crippen molar-refractivity contribution in [3.8, 4) is 0 Å². The molecule has 0 radical (unpaired) electrons. The quantitative estimate of drug-likeness (QED) is 0.791. The molecule has 1 aliphatic heterocycles. The highest BCUT2D eigenvalue weighted by molar-refractivity contribution is 5.83. The molecule has 2 unspecified atom stereocenters. The molecule has 1 saturated heterocycles. The Hall–Kier alpha value is -1.59. The van der Waals surface area contributed by atoms with E-state index in [0.29, 0.717) is 25.8 Å². The van der Waals surface area contributed by atoms with Crippen molar-refractivity contribution in [1.29, 1.82) is 0 Å². The molecule has 6 heteroatoms. The van der Waals surface area contributed by atoms with Crippen LogP contribution in [-0.4, -0.2) is 40.4 Å². The zero-order chi connectivity index (χ0) is 14.9. The number of aliphatic carboxylic acids is 1. The smallest absolute Gasteiger partial charge is 0.306 e. The SMILES string of the molecule is CC1CCC(C(N)=O)CN1C(=O)[C@@H]1CC[C@H](C(=O)O)C1. The first-order valence-corrected chi connectivity index (χ1v) is 7.22. The molecule has 1 heterocycles. The van der Waals surface area contributed by atoms with Crippen molar-refractivity contribution in [2.75, 3.05) is 6.54 Å². The third-order valence-corrected chi connectivity index (χ3v) is 4.70. The lowest BCUT2D eigenvalue weighted by Gasteiger charge is -2.38. The number of carboxylic acids is 1. The lowest BCUT2D eigenvalue weighted by molar-refractivity contribution is -0.142. The maximum absolute atomic E-state index is 12.5. The summed E-state index contributed by atoms with van der Waals surface area (Å²) in [4.78, 5) is 36.5. The highest BCUT2D eigenvalue weighted by atomic mass is 16.4. The minimum atomic E-state index is -0.818. The van der Waals surface area contributed by atoms with Crippen molar-refractivity contribution in [2.45, 2.75) is 45.1 Å². The molecule has 0 spiro atoms. The minimum Gasteiger partial charge on any atom is -0.481 e.